The molecule has 0 rings (SSSR count). The van der Waals surface area contributed by atoms with Crippen LogP contribution in [-0.4, -0.2) is 32.8 Å². The fourth-order valence-electron chi connectivity index (χ4n) is 0.848. The highest BCUT2D eigenvalue weighted by Gasteiger charge is 2.21. The molecule has 0 aromatic heterocycles. The molecular weight excluding hydrogens is 205 g/mol. The number of amides is 1. The van der Waals surface area contributed by atoms with E-state index < -0.39 is 7.60 Å². The minimum Gasteiger partial charge on any atom is -0.356 e. The maximum Gasteiger partial charge on any atom is 0.330 e. The van der Waals surface area contributed by atoms with Gasteiger partial charge in [0.15, 0.2) is 0 Å². The Morgan fingerprint density at radius 1 is 1.36 bits per heavy atom. The van der Waals surface area contributed by atoms with Crippen LogP contribution in [0.4, 0.5) is 0 Å². The van der Waals surface area contributed by atoms with Crippen molar-refractivity contribution in [3.05, 3.63) is 0 Å². The van der Waals surface area contributed by atoms with E-state index in [4.69, 9.17) is 9.05 Å². The third-order valence-corrected chi connectivity index (χ3v) is 3.63. The van der Waals surface area contributed by atoms with Crippen LogP contribution >= 0.6 is 7.60 Å². The molecule has 1 N–H and O–H groups in total. The van der Waals surface area contributed by atoms with Crippen LogP contribution in [0.15, 0.2) is 0 Å². The van der Waals surface area contributed by atoms with E-state index in [1.165, 1.54) is 14.2 Å². The Hall–Kier alpha value is -0.380. The second-order valence-corrected chi connectivity index (χ2v) is 5.20. The quantitative estimate of drug-likeness (QED) is 0.662. The molecule has 0 aliphatic rings. The summed E-state index contributed by atoms with van der Waals surface area (Å²) in [5.74, 6) is -0.124. The molecule has 0 aromatic rings. The zero-order valence-electron chi connectivity index (χ0n) is 8.91. The van der Waals surface area contributed by atoms with E-state index in [9.17, 15) is 9.36 Å². The van der Waals surface area contributed by atoms with Gasteiger partial charge in [-0.25, -0.2) is 0 Å². The van der Waals surface area contributed by atoms with Gasteiger partial charge in [0, 0.05) is 27.2 Å². The molecule has 84 valence electrons. The van der Waals surface area contributed by atoms with E-state index in [-0.39, 0.29) is 18.5 Å². The number of carbonyl (C=O) groups is 1. The molecular formula is C8H18NO4P. The molecule has 14 heavy (non-hydrogen) atoms. The van der Waals surface area contributed by atoms with Crippen LogP contribution in [0, 0.1) is 0 Å². The summed E-state index contributed by atoms with van der Waals surface area (Å²) in [5.41, 5.74) is 0. The average molecular weight is 223 g/mol. The van der Waals surface area contributed by atoms with Gasteiger partial charge in [-0.15, -0.1) is 0 Å². The summed E-state index contributed by atoms with van der Waals surface area (Å²) in [6.07, 6.45) is 1.17. The van der Waals surface area contributed by atoms with Gasteiger partial charge >= 0.3 is 7.60 Å². The molecule has 0 aliphatic carbocycles. The van der Waals surface area contributed by atoms with Crippen LogP contribution in [0.5, 0.6) is 0 Å². The summed E-state index contributed by atoms with van der Waals surface area (Å²) in [4.78, 5) is 11.1. The molecule has 6 heteroatoms. The summed E-state index contributed by atoms with van der Waals surface area (Å²) in [6.45, 7) is 2.61. The van der Waals surface area contributed by atoms with Gasteiger partial charge in [-0.3, -0.25) is 9.36 Å². The molecule has 0 aromatic carbocycles. The number of nitrogens with one attached hydrogen (secondary N) is 1. The second kappa shape index (κ2) is 6.98. The Morgan fingerprint density at radius 2 is 1.93 bits per heavy atom. The second-order valence-electron chi connectivity index (χ2n) is 2.80. The van der Waals surface area contributed by atoms with Crippen LogP contribution < -0.4 is 5.32 Å². The van der Waals surface area contributed by atoms with Crippen molar-refractivity contribution in [3.63, 3.8) is 0 Å². The van der Waals surface area contributed by atoms with Crippen LogP contribution in [0.25, 0.3) is 0 Å². The van der Waals surface area contributed by atoms with Crippen LogP contribution in [-0.2, 0) is 18.4 Å². The Morgan fingerprint density at radius 3 is 2.36 bits per heavy atom. The van der Waals surface area contributed by atoms with Crippen molar-refractivity contribution in [1.82, 2.24) is 5.32 Å². The van der Waals surface area contributed by atoms with E-state index in [2.05, 4.69) is 5.32 Å². The van der Waals surface area contributed by atoms with Crippen molar-refractivity contribution in [1.29, 1.82) is 0 Å². The Kier molecular flexibility index (Phi) is 6.79. The molecule has 0 saturated carbocycles. The highest BCUT2D eigenvalue weighted by molar-refractivity contribution is 7.53. The monoisotopic (exact) mass is 223 g/mol. The third kappa shape index (κ3) is 5.37. The molecule has 0 unspecified atom stereocenters. The van der Waals surface area contributed by atoms with Crippen molar-refractivity contribution in [2.24, 2.45) is 0 Å². The van der Waals surface area contributed by atoms with Gasteiger partial charge in [-0.1, -0.05) is 6.92 Å². The van der Waals surface area contributed by atoms with Crippen LogP contribution in [0.3, 0.4) is 0 Å². The molecule has 0 radical (unpaired) electrons. The number of hydrogen-bond donors (Lipinski definition) is 1. The fraction of sp³-hybridized carbons (Fsp3) is 0.875. The molecule has 0 heterocycles. The molecule has 0 aliphatic heterocycles. The van der Waals surface area contributed by atoms with Gasteiger partial charge in [0.25, 0.3) is 0 Å². The largest absolute Gasteiger partial charge is 0.356 e. The van der Waals surface area contributed by atoms with Crippen LogP contribution in [0.1, 0.15) is 19.8 Å². The molecule has 0 fully saturated rings. The summed E-state index contributed by atoms with van der Waals surface area (Å²) < 4.78 is 20.9. The highest BCUT2D eigenvalue weighted by Crippen LogP contribution is 2.46. The summed E-state index contributed by atoms with van der Waals surface area (Å²) in [6, 6.07) is 0. The SMILES string of the molecule is CCCNC(=O)CCP(=O)(OC)OC. The lowest BCUT2D eigenvalue weighted by Crippen LogP contribution is -2.24. The molecule has 0 atom stereocenters. The first kappa shape index (κ1) is 13.6. The Balaban J connectivity index is 3.80. The third-order valence-electron chi connectivity index (χ3n) is 1.74. The molecule has 0 spiro atoms. The Bertz CT molecular complexity index is 211. The lowest BCUT2D eigenvalue weighted by Gasteiger charge is -2.12. The van der Waals surface area contributed by atoms with Gasteiger partial charge < -0.3 is 14.4 Å². The van der Waals surface area contributed by atoms with Crippen molar-refractivity contribution in [2.75, 3.05) is 26.9 Å². The molecule has 0 saturated heterocycles. The van der Waals surface area contributed by atoms with E-state index in [0.29, 0.717) is 6.54 Å². The fourth-order valence-corrected chi connectivity index (χ4v) is 1.84. The minimum absolute atomic E-state index is 0.121. The Labute approximate surface area is 84.7 Å². The first-order valence-electron chi connectivity index (χ1n) is 4.55. The lowest BCUT2D eigenvalue weighted by molar-refractivity contribution is -0.120. The number of carbonyl (C=O) groups excluding carboxylic acids is 1. The first-order valence-corrected chi connectivity index (χ1v) is 6.28. The lowest BCUT2D eigenvalue weighted by atomic mass is 10.4. The van der Waals surface area contributed by atoms with E-state index >= 15 is 0 Å². The van der Waals surface area contributed by atoms with Gasteiger partial charge in [-0.2, -0.15) is 0 Å². The number of hydrogen-bond acceptors (Lipinski definition) is 4. The molecule has 1 amide bonds. The van der Waals surface area contributed by atoms with E-state index in [0.717, 1.165) is 6.42 Å². The zero-order valence-corrected chi connectivity index (χ0v) is 9.80. The maximum atomic E-state index is 11.5. The highest BCUT2D eigenvalue weighted by atomic mass is 31.2. The predicted molar refractivity (Wildman–Crippen MR) is 54.4 cm³/mol. The predicted octanol–water partition coefficient (Wildman–Crippen LogP) is 1.39. The topological polar surface area (TPSA) is 64.6 Å². The first-order chi connectivity index (χ1) is 6.58. The summed E-state index contributed by atoms with van der Waals surface area (Å²) in [7, 11) is -0.401. The molecule has 0 bridgehead atoms. The maximum absolute atomic E-state index is 11.5. The van der Waals surface area contributed by atoms with Gasteiger partial charge in [0.1, 0.15) is 0 Å². The summed E-state index contributed by atoms with van der Waals surface area (Å²) in [5, 5.41) is 2.68. The van der Waals surface area contributed by atoms with Crippen molar-refractivity contribution < 1.29 is 18.4 Å². The van der Waals surface area contributed by atoms with E-state index in [1.54, 1.807) is 0 Å². The van der Waals surface area contributed by atoms with Crippen LogP contribution in [0.2, 0.25) is 0 Å². The van der Waals surface area contributed by atoms with Gasteiger partial charge in [0.2, 0.25) is 5.91 Å². The van der Waals surface area contributed by atoms with E-state index in [1.807, 2.05) is 6.92 Å². The average Bonchev–Trinajstić information content (AvgIpc) is 2.23. The van der Waals surface area contributed by atoms with Crippen molar-refractivity contribution >= 4 is 13.5 Å². The smallest absolute Gasteiger partial charge is 0.330 e. The van der Waals surface area contributed by atoms with Gasteiger partial charge in [-0.05, 0) is 6.42 Å². The summed E-state index contributed by atoms with van der Waals surface area (Å²) >= 11 is 0. The number of rotatable bonds is 7. The zero-order chi connectivity index (χ0) is 11.0. The normalized spacial score (nSPS) is 11.4. The van der Waals surface area contributed by atoms with Gasteiger partial charge in [0.05, 0.1) is 6.16 Å². The van der Waals surface area contributed by atoms with Crippen molar-refractivity contribution in [2.45, 2.75) is 19.8 Å². The minimum atomic E-state index is -3.03. The standard InChI is InChI=1S/C8H18NO4P/c1-4-6-9-8(10)5-7-14(11,12-2)13-3/h4-7H2,1-3H3,(H,9,10). The van der Waals surface area contributed by atoms with Crippen molar-refractivity contribution in [3.8, 4) is 0 Å². The molecule has 5 nitrogen and oxygen atoms in total.